The van der Waals surface area contributed by atoms with E-state index in [0.29, 0.717) is 17.0 Å². The van der Waals surface area contributed by atoms with Crippen LogP contribution in [0.15, 0.2) is 45.6 Å². The third-order valence-electron chi connectivity index (χ3n) is 2.92. The van der Waals surface area contributed by atoms with Crippen molar-refractivity contribution in [3.05, 3.63) is 58.1 Å². The van der Waals surface area contributed by atoms with Crippen molar-refractivity contribution in [3.63, 3.8) is 0 Å². The minimum absolute atomic E-state index is 0.0267. The quantitative estimate of drug-likeness (QED) is 0.691. The van der Waals surface area contributed by atoms with Crippen LogP contribution in [0.3, 0.4) is 0 Å². The van der Waals surface area contributed by atoms with Gasteiger partial charge in [0.05, 0.1) is 11.3 Å². The Bertz CT molecular complexity index is 877. The van der Waals surface area contributed by atoms with E-state index in [9.17, 15) is 22.4 Å². The zero-order chi connectivity index (χ0) is 15.2. The fourth-order valence-electron chi connectivity index (χ4n) is 1.99. The summed E-state index contributed by atoms with van der Waals surface area (Å²) in [6, 6.07) is 6.32. The molecule has 0 saturated heterocycles. The summed E-state index contributed by atoms with van der Waals surface area (Å²) in [5.74, 6) is -0.466. The molecule has 0 aliphatic carbocycles. The summed E-state index contributed by atoms with van der Waals surface area (Å²) in [5, 5.41) is 0.392. The van der Waals surface area contributed by atoms with E-state index >= 15 is 0 Å². The summed E-state index contributed by atoms with van der Waals surface area (Å²) in [7, 11) is 0. The van der Waals surface area contributed by atoms with Crippen molar-refractivity contribution in [1.82, 2.24) is 4.98 Å². The van der Waals surface area contributed by atoms with Crippen molar-refractivity contribution in [2.24, 2.45) is 0 Å². The second-order valence-electron chi connectivity index (χ2n) is 4.44. The Morgan fingerprint density at radius 1 is 1.05 bits per heavy atom. The molecule has 7 heteroatoms. The Balaban J connectivity index is 2.18. The van der Waals surface area contributed by atoms with Crippen molar-refractivity contribution in [2.75, 3.05) is 0 Å². The van der Waals surface area contributed by atoms with Gasteiger partial charge in [0.1, 0.15) is 11.4 Å². The van der Waals surface area contributed by atoms with Crippen molar-refractivity contribution < 1.29 is 22.0 Å². The Morgan fingerprint density at radius 3 is 2.52 bits per heavy atom. The lowest BCUT2D eigenvalue weighted by molar-refractivity contribution is -0.137. The molecule has 21 heavy (non-hydrogen) atoms. The zero-order valence-electron chi connectivity index (χ0n) is 10.3. The van der Waals surface area contributed by atoms with E-state index in [1.54, 1.807) is 0 Å². The molecule has 3 rings (SSSR count). The topological polar surface area (TPSA) is 46.0 Å². The number of benzene rings is 1. The summed E-state index contributed by atoms with van der Waals surface area (Å²) in [6.07, 6.45) is -4.64. The lowest BCUT2D eigenvalue weighted by atomic mass is 10.2. The number of H-pyrrole nitrogens is 1. The van der Waals surface area contributed by atoms with Crippen LogP contribution in [0.4, 0.5) is 17.6 Å². The maximum Gasteiger partial charge on any atom is 0.416 e. The molecule has 0 amide bonds. The molecule has 0 atom stereocenters. The molecule has 1 N–H and O–H groups in total. The lowest BCUT2D eigenvalue weighted by Crippen LogP contribution is -2.13. The second-order valence-corrected chi connectivity index (χ2v) is 4.44. The molecule has 0 bridgehead atoms. The van der Waals surface area contributed by atoms with E-state index < -0.39 is 23.1 Å². The molecule has 0 saturated carbocycles. The monoisotopic (exact) mass is 297 g/mol. The molecule has 2 heterocycles. The van der Waals surface area contributed by atoms with Gasteiger partial charge < -0.3 is 9.40 Å². The molecule has 0 spiro atoms. The summed E-state index contributed by atoms with van der Waals surface area (Å²) < 4.78 is 56.5. The molecule has 0 aliphatic rings. The van der Waals surface area contributed by atoms with Crippen molar-refractivity contribution in [3.8, 4) is 11.5 Å². The summed E-state index contributed by atoms with van der Waals surface area (Å²) >= 11 is 0. The molecular weight excluding hydrogens is 290 g/mol. The number of aromatic amines is 1. The molecular formula is C14H7F4NO2. The summed E-state index contributed by atoms with van der Waals surface area (Å²) in [6.45, 7) is 0. The third kappa shape index (κ3) is 2.54. The Labute approximate surface area is 114 Å². The van der Waals surface area contributed by atoms with Gasteiger partial charge in [0, 0.05) is 11.5 Å². The molecule has 0 radical (unpaired) electrons. The van der Waals surface area contributed by atoms with Crippen LogP contribution in [0.25, 0.3) is 22.4 Å². The largest absolute Gasteiger partial charge is 0.455 e. The van der Waals surface area contributed by atoms with Crippen LogP contribution in [-0.2, 0) is 6.18 Å². The van der Waals surface area contributed by atoms with Crippen LogP contribution in [-0.4, -0.2) is 4.98 Å². The number of hydrogen-bond acceptors (Lipinski definition) is 2. The van der Waals surface area contributed by atoms with E-state index in [1.165, 1.54) is 24.3 Å². The van der Waals surface area contributed by atoms with Gasteiger partial charge in [-0.2, -0.15) is 13.2 Å². The second kappa shape index (κ2) is 4.47. The first-order valence-corrected chi connectivity index (χ1v) is 5.84. The van der Waals surface area contributed by atoms with E-state index in [1.807, 2.05) is 0 Å². The molecule has 0 fully saturated rings. The number of pyridine rings is 1. The maximum atomic E-state index is 13.1. The summed E-state index contributed by atoms with van der Waals surface area (Å²) in [5.41, 5.74) is -1.78. The highest BCUT2D eigenvalue weighted by Gasteiger charge is 2.31. The van der Waals surface area contributed by atoms with Crippen molar-refractivity contribution >= 4 is 11.0 Å². The van der Waals surface area contributed by atoms with Gasteiger partial charge in [-0.15, -0.1) is 0 Å². The highest BCUT2D eigenvalue weighted by molar-refractivity contribution is 5.82. The van der Waals surface area contributed by atoms with E-state index in [2.05, 4.69) is 4.98 Å². The zero-order valence-corrected chi connectivity index (χ0v) is 10.3. The van der Waals surface area contributed by atoms with E-state index in [4.69, 9.17) is 4.42 Å². The number of halogens is 4. The van der Waals surface area contributed by atoms with Crippen molar-refractivity contribution in [1.29, 1.82) is 0 Å². The molecule has 1 aromatic carbocycles. The van der Waals surface area contributed by atoms with Gasteiger partial charge >= 0.3 is 6.18 Å². The first-order chi connectivity index (χ1) is 9.83. The minimum Gasteiger partial charge on any atom is -0.455 e. The maximum absolute atomic E-state index is 13.1. The minimum atomic E-state index is -4.64. The SMILES string of the molecule is O=c1cc(C(F)(F)F)cc(-c2cc3cc(F)ccc3o2)[nH]1. The van der Waals surface area contributed by atoms with Gasteiger partial charge in [0.25, 0.3) is 0 Å². The van der Waals surface area contributed by atoms with Gasteiger partial charge in [-0.05, 0) is 30.3 Å². The lowest BCUT2D eigenvalue weighted by Gasteiger charge is -2.06. The van der Waals surface area contributed by atoms with Crippen LogP contribution in [0.5, 0.6) is 0 Å². The fourth-order valence-corrected chi connectivity index (χ4v) is 1.99. The highest BCUT2D eigenvalue weighted by Crippen LogP contribution is 2.32. The van der Waals surface area contributed by atoms with Crippen molar-refractivity contribution in [2.45, 2.75) is 6.18 Å². The predicted octanol–water partition coefficient (Wildman–Crippen LogP) is 3.95. The van der Waals surface area contributed by atoms with Gasteiger partial charge in [-0.3, -0.25) is 4.79 Å². The average Bonchev–Trinajstić information content (AvgIpc) is 2.80. The first-order valence-electron chi connectivity index (χ1n) is 5.84. The smallest absolute Gasteiger partial charge is 0.416 e. The van der Waals surface area contributed by atoms with E-state index in [-0.39, 0.29) is 11.5 Å². The fraction of sp³-hybridized carbons (Fsp3) is 0.0714. The Kier molecular flexibility index (Phi) is 2.86. The molecule has 0 unspecified atom stereocenters. The molecule has 3 nitrogen and oxygen atoms in total. The Morgan fingerprint density at radius 2 is 1.81 bits per heavy atom. The van der Waals surface area contributed by atoms with Crippen LogP contribution in [0.2, 0.25) is 0 Å². The van der Waals surface area contributed by atoms with Gasteiger partial charge in [-0.1, -0.05) is 0 Å². The number of nitrogens with one attached hydrogen (secondary N) is 1. The van der Waals surface area contributed by atoms with Gasteiger partial charge in [0.15, 0.2) is 5.76 Å². The number of hydrogen-bond donors (Lipinski definition) is 1. The van der Waals surface area contributed by atoms with Crippen LogP contribution >= 0.6 is 0 Å². The van der Waals surface area contributed by atoms with Crippen LogP contribution in [0.1, 0.15) is 5.56 Å². The third-order valence-corrected chi connectivity index (χ3v) is 2.92. The average molecular weight is 297 g/mol. The molecule has 0 aliphatic heterocycles. The predicted molar refractivity (Wildman–Crippen MR) is 67.2 cm³/mol. The normalized spacial score (nSPS) is 12.0. The number of aromatic nitrogens is 1. The standard InChI is InChI=1S/C14H7F4NO2/c15-9-1-2-11-7(3-9)4-12(21-11)10-5-8(14(16,17)18)6-13(20)19-10/h1-6H,(H,19,20). The van der Waals surface area contributed by atoms with E-state index in [0.717, 1.165) is 6.07 Å². The van der Waals surface area contributed by atoms with Gasteiger partial charge in [0.2, 0.25) is 5.56 Å². The van der Waals surface area contributed by atoms with Crippen LogP contribution in [0, 0.1) is 5.82 Å². The van der Waals surface area contributed by atoms with Crippen LogP contribution < -0.4 is 5.56 Å². The number of alkyl halides is 3. The number of rotatable bonds is 1. The Hall–Kier alpha value is -2.57. The molecule has 2 aromatic heterocycles. The molecule has 108 valence electrons. The molecule has 3 aromatic rings. The summed E-state index contributed by atoms with van der Waals surface area (Å²) in [4.78, 5) is 13.6. The first kappa shape index (κ1) is 13.4. The number of furan rings is 1. The van der Waals surface area contributed by atoms with Gasteiger partial charge in [-0.25, -0.2) is 4.39 Å². The number of fused-ring (bicyclic) bond motifs is 1. The highest BCUT2D eigenvalue weighted by atomic mass is 19.4.